The molecule has 0 bridgehead atoms. The van der Waals surface area contributed by atoms with Crippen molar-refractivity contribution in [1.29, 1.82) is 0 Å². The number of nitrogens with one attached hydrogen (secondary N) is 1. The Hall–Kier alpha value is -1.55. The minimum atomic E-state index is -0.693. The summed E-state index contributed by atoms with van der Waals surface area (Å²) in [5.74, 6) is 1.31. The van der Waals surface area contributed by atoms with Crippen LogP contribution in [0.4, 0.5) is 0 Å². The van der Waals surface area contributed by atoms with Gasteiger partial charge in [-0.3, -0.25) is 5.32 Å². The van der Waals surface area contributed by atoms with E-state index in [0.29, 0.717) is 5.92 Å². The summed E-state index contributed by atoms with van der Waals surface area (Å²) in [4.78, 5) is 12.4. The molecule has 1 unspecified atom stereocenters. The molecule has 0 aliphatic heterocycles. The molecule has 108 valence electrons. The third kappa shape index (κ3) is 2.18. The van der Waals surface area contributed by atoms with Gasteiger partial charge < -0.3 is 9.47 Å². The minimum Gasteiger partial charge on any atom is -0.497 e. The average molecular weight is 275 g/mol. The highest BCUT2D eigenvalue weighted by atomic mass is 16.5. The van der Waals surface area contributed by atoms with Crippen molar-refractivity contribution in [2.75, 3.05) is 20.8 Å². The Kier molecular flexibility index (Phi) is 3.42. The van der Waals surface area contributed by atoms with Gasteiger partial charge in [0.15, 0.2) is 0 Å². The molecule has 0 radical (unpaired) electrons. The van der Waals surface area contributed by atoms with Crippen molar-refractivity contribution in [2.24, 2.45) is 5.92 Å². The summed E-state index contributed by atoms with van der Waals surface area (Å²) in [5.41, 5.74) is 1.53. The molecule has 1 N–H and O–H groups in total. The SMILES string of the molecule is COC(=O)C1(NCC2CC2)CCc2ccc(OC)cc21. The zero-order valence-corrected chi connectivity index (χ0v) is 12.1. The maximum Gasteiger partial charge on any atom is 0.330 e. The molecule has 20 heavy (non-hydrogen) atoms. The lowest BCUT2D eigenvalue weighted by atomic mass is 9.91. The average Bonchev–Trinajstić information content (AvgIpc) is 3.25. The number of hydrogen-bond acceptors (Lipinski definition) is 4. The van der Waals surface area contributed by atoms with E-state index in [1.165, 1.54) is 25.5 Å². The predicted molar refractivity (Wildman–Crippen MR) is 75.7 cm³/mol. The van der Waals surface area contributed by atoms with Gasteiger partial charge in [0.1, 0.15) is 11.3 Å². The quantitative estimate of drug-likeness (QED) is 0.835. The van der Waals surface area contributed by atoms with Gasteiger partial charge in [-0.2, -0.15) is 0 Å². The Morgan fingerprint density at radius 3 is 2.85 bits per heavy atom. The van der Waals surface area contributed by atoms with Crippen molar-refractivity contribution in [1.82, 2.24) is 5.32 Å². The van der Waals surface area contributed by atoms with Crippen LogP contribution in [0.3, 0.4) is 0 Å². The van der Waals surface area contributed by atoms with Gasteiger partial charge >= 0.3 is 5.97 Å². The van der Waals surface area contributed by atoms with Crippen LogP contribution in [-0.2, 0) is 21.5 Å². The largest absolute Gasteiger partial charge is 0.497 e. The molecule has 1 atom stereocenters. The number of carbonyl (C=O) groups excluding carboxylic acids is 1. The summed E-state index contributed by atoms with van der Waals surface area (Å²) < 4.78 is 10.4. The van der Waals surface area contributed by atoms with E-state index in [0.717, 1.165) is 30.7 Å². The lowest BCUT2D eigenvalue weighted by Gasteiger charge is -2.29. The smallest absolute Gasteiger partial charge is 0.330 e. The highest BCUT2D eigenvalue weighted by molar-refractivity contribution is 5.84. The van der Waals surface area contributed by atoms with Crippen LogP contribution in [0, 0.1) is 5.92 Å². The Balaban J connectivity index is 1.96. The molecule has 1 aromatic carbocycles. The maximum absolute atomic E-state index is 12.4. The number of fused-ring (bicyclic) bond motifs is 1. The van der Waals surface area contributed by atoms with E-state index >= 15 is 0 Å². The zero-order chi connectivity index (χ0) is 14.2. The van der Waals surface area contributed by atoms with Gasteiger partial charge in [-0.1, -0.05) is 6.07 Å². The number of hydrogen-bond donors (Lipinski definition) is 1. The molecule has 2 aliphatic rings. The molecule has 4 nitrogen and oxygen atoms in total. The number of esters is 1. The standard InChI is InChI=1S/C16H21NO3/c1-19-13-6-5-12-7-8-16(14(12)9-13,15(18)20-2)17-10-11-3-4-11/h5-6,9,11,17H,3-4,7-8,10H2,1-2H3. The monoisotopic (exact) mass is 275 g/mol. The fraction of sp³-hybridized carbons (Fsp3) is 0.562. The summed E-state index contributed by atoms with van der Waals surface area (Å²) in [6, 6.07) is 5.98. The molecule has 0 aromatic heterocycles. The molecular formula is C16H21NO3. The van der Waals surface area contributed by atoms with Crippen LogP contribution in [0.25, 0.3) is 0 Å². The summed E-state index contributed by atoms with van der Waals surface area (Å²) in [6.07, 6.45) is 4.17. The van der Waals surface area contributed by atoms with Crippen LogP contribution in [0.1, 0.15) is 30.4 Å². The van der Waals surface area contributed by atoms with E-state index in [1.54, 1.807) is 7.11 Å². The number of benzene rings is 1. The lowest BCUT2D eigenvalue weighted by molar-refractivity contribution is -0.149. The highest BCUT2D eigenvalue weighted by Gasteiger charge is 2.47. The van der Waals surface area contributed by atoms with E-state index < -0.39 is 5.54 Å². The van der Waals surface area contributed by atoms with Crippen molar-refractivity contribution in [3.8, 4) is 5.75 Å². The summed E-state index contributed by atoms with van der Waals surface area (Å²) >= 11 is 0. The van der Waals surface area contributed by atoms with Crippen molar-refractivity contribution in [3.05, 3.63) is 29.3 Å². The fourth-order valence-electron chi connectivity index (χ4n) is 3.04. The first-order valence-electron chi connectivity index (χ1n) is 7.20. The molecule has 2 aliphatic carbocycles. The number of rotatable bonds is 5. The van der Waals surface area contributed by atoms with E-state index in [4.69, 9.17) is 9.47 Å². The van der Waals surface area contributed by atoms with E-state index in [9.17, 15) is 4.79 Å². The van der Waals surface area contributed by atoms with Crippen LogP contribution in [0.15, 0.2) is 18.2 Å². The summed E-state index contributed by atoms with van der Waals surface area (Å²) in [5, 5.41) is 3.49. The van der Waals surface area contributed by atoms with Gasteiger partial charge in [0.05, 0.1) is 14.2 Å². The first-order chi connectivity index (χ1) is 9.69. The molecule has 1 fully saturated rings. The number of ether oxygens (including phenoxy) is 2. The molecule has 0 spiro atoms. The third-order valence-corrected chi connectivity index (χ3v) is 4.47. The Bertz CT molecular complexity index is 524. The van der Waals surface area contributed by atoms with Crippen LogP contribution < -0.4 is 10.1 Å². The molecule has 0 amide bonds. The molecule has 0 heterocycles. The molecule has 1 aromatic rings. The van der Waals surface area contributed by atoms with Gasteiger partial charge in [-0.05, 0) is 61.4 Å². The molecule has 1 saturated carbocycles. The Morgan fingerprint density at radius 2 is 2.20 bits per heavy atom. The normalized spacial score (nSPS) is 24.3. The van der Waals surface area contributed by atoms with E-state index in [-0.39, 0.29) is 5.97 Å². The number of carbonyl (C=O) groups is 1. The maximum atomic E-state index is 12.4. The Morgan fingerprint density at radius 1 is 1.40 bits per heavy atom. The second-order valence-electron chi connectivity index (χ2n) is 5.74. The van der Waals surface area contributed by atoms with Crippen molar-refractivity contribution in [3.63, 3.8) is 0 Å². The first kappa shape index (κ1) is 13.4. The van der Waals surface area contributed by atoms with Crippen molar-refractivity contribution >= 4 is 5.97 Å². The topological polar surface area (TPSA) is 47.6 Å². The van der Waals surface area contributed by atoms with Gasteiger partial charge in [0, 0.05) is 0 Å². The first-order valence-corrected chi connectivity index (χ1v) is 7.20. The third-order valence-electron chi connectivity index (χ3n) is 4.47. The van der Waals surface area contributed by atoms with Gasteiger partial charge in [-0.15, -0.1) is 0 Å². The zero-order valence-electron chi connectivity index (χ0n) is 12.1. The number of aryl methyl sites for hydroxylation is 1. The lowest BCUT2D eigenvalue weighted by Crippen LogP contribution is -2.49. The van der Waals surface area contributed by atoms with Crippen LogP contribution >= 0.6 is 0 Å². The molecule has 3 rings (SSSR count). The van der Waals surface area contributed by atoms with E-state index in [2.05, 4.69) is 11.4 Å². The number of methoxy groups -OCH3 is 2. The molecule has 4 heteroatoms. The second-order valence-corrected chi connectivity index (χ2v) is 5.74. The van der Waals surface area contributed by atoms with Crippen LogP contribution in [0.5, 0.6) is 5.75 Å². The van der Waals surface area contributed by atoms with Gasteiger partial charge in [-0.25, -0.2) is 4.79 Å². The molecule has 0 saturated heterocycles. The minimum absolute atomic E-state index is 0.190. The van der Waals surface area contributed by atoms with Crippen molar-refractivity contribution < 1.29 is 14.3 Å². The molecular weight excluding hydrogens is 254 g/mol. The highest BCUT2D eigenvalue weighted by Crippen LogP contribution is 2.41. The Labute approximate surface area is 119 Å². The van der Waals surface area contributed by atoms with Crippen molar-refractivity contribution in [2.45, 2.75) is 31.2 Å². The van der Waals surface area contributed by atoms with Gasteiger partial charge in [0.25, 0.3) is 0 Å². The fourth-order valence-corrected chi connectivity index (χ4v) is 3.04. The predicted octanol–water partition coefficient (Wildman–Crippen LogP) is 2.01. The van der Waals surface area contributed by atoms with Gasteiger partial charge in [0.2, 0.25) is 0 Å². The van der Waals surface area contributed by atoms with E-state index in [1.807, 2.05) is 12.1 Å². The van der Waals surface area contributed by atoms with Crippen LogP contribution in [0.2, 0.25) is 0 Å². The summed E-state index contributed by atoms with van der Waals surface area (Å²) in [6.45, 7) is 0.881. The van der Waals surface area contributed by atoms with Crippen LogP contribution in [-0.4, -0.2) is 26.7 Å². The summed E-state index contributed by atoms with van der Waals surface area (Å²) in [7, 11) is 3.11. The second kappa shape index (κ2) is 5.09.